The lowest BCUT2D eigenvalue weighted by molar-refractivity contribution is -0.115. The van der Waals surface area contributed by atoms with Crippen LogP contribution in [0.25, 0.3) is 11.6 Å². The third-order valence-corrected chi connectivity index (χ3v) is 6.59. The number of amides is 1. The summed E-state index contributed by atoms with van der Waals surface area (Å²) in [6.07, 6.45) is 1.84. The van der Waals surface area contributed by atoms with E-state index in [0.717, 1.165) is 22.4 Å². The van der Waals surface area contributed by atoms with Crippen molar-refractivity contribution >= 4 is 27.6 Å². The molecule has 1 amide bonds. The standard InChI is InChI=1S/C27H30N2O5S/c1-3-34-24-13-9-21(10-14-24)19-26(23-7-5-4-6-8-23)27(30)28-20-22-11-15-25(16-12-22)35(31,32)29-17-18-33-2/h4-16,19,29H,3,17-18,20H2,1-2H3,(H,28,30)/b26-19+. The number of carbonyl (C=O) groups excluding carboxylic acids is 1. The molecular formula is C27H30N2O5S. The first-order valence-corrected chi connectivity index (χ1v) is 12.8. The van der Waals surface area contributed by atoms with E-state index in [2.05, 4.69) is 10.0 Å². The van der Waals surface area contributed by atoms with E-state index >= 15 is 0 Å². The molecule has 0 aliphatic rings. The first-order valence-electron chi connectivity index (χ1n) is 11.3. The number of nitrogens with one attached hydrogen (secondary N) is 2. The molecule has 0 saturated carbocycles. The first kappa shape index (κ1) is 26.2. The third-order valence-electron chi connectivity index (χ3n) is 5.12. The van der Waals surface area contributed by atoms with Gasteiger partial charge in [-0.1, -0.05) is 54.6 Å². The Labute approximate surface area is 206 Å². The van der Waals surface area contributed by atoms with Gasteiger partial charge in [-0.15, -0.1) is 0 Å². The van der Waals surface area contributed by atoms with E-state index in [-0.39, 0.29) is 30.5 Å². The predicted octanol–water partition coefficient (Wildman–Crippen LogP) is 3.87. The highest BCUT2D eigenvalue weighted by molar-refractivity contribution is 7.89. The lowest BCUT2D eigenvalue weighted by atomic mass is 10.0. The van der Waals surface area contributed by atoms with Crippen LogP contribution in [0.5, 0.6) is 5.75 Å². The van der Waals surface area contributed by atoms with Crippen molar-refractivity contribution in [2.45, 2.75) is 18.4 Å². The van der Waals surface area contributed by atoms with Crippen LogP contribution in [-0.4, -0.2) is 41.2 Å². The van der Waals surface area contributed by atoms with Crippen LogP contribution in [0.1, 0.15) is 23.6 Å². The zero-order valence-corrected chi connectivity index (χ0v) is 20.7. The minimum Gasteiger partial charge on any atom is -0.494 e. The maximum Gasteiger partial charge on any atom is 0.252 e. The van der Waals surface area contributed by atoms with E-state index in [4.69, 9.17) is 9.47 Å². The lowest BCUT2D eigenvalue weighted by Gasteiger charge is -2.11. The van der Waals surface area contributed by atoms with Crippen LogP contribution >= 0.6 is 0 Å². The molecule has 0 bridgehead atoms. The number of rotatable bonds is 12. The highest BCUT2D eigenvalue weighted by Crippen LogP contribution is 2.21. The number of methoxy groups -OCH3 is 1. The van der Waals surface area contributed by atoms with Crippen molar-refractivity contribution in [3.05, 3.63) is 95.6 Å². The maximum atomic E-state index is 13.1. The van der Waals surface area contributed by atoms with Gasteiger partial charge in [0, 0.05) is 25.8 Å². The molecule has 0 spiro atoms. The molecule has 7 nitrogen and oxygen atoms in total. The van der Waals surface area contributed by atoms with Gasteiger partial charge in [0.15, 0.2) is 0 Å². The second-order valence-electron chi connectivity index (χ2n) is 7.64. The summed E-state index contributed by atoms with van der Waals surface area (Å²) in [6.45, 7) is 3.25. The van der Waals surface area contributed by atoms with Gasteiger partial charge in [0.2, 0.25) is 10.0 Å². The molecule has 0 aliphatic heterocycles. The van der Waals surface area contributed by atoms with Gasteiger partial charge in [0.05, 0.1) is 18.1 Å². The molecule has 0 atom stereocenters. The van der Waals surface area contributed by atoms with Crippen molar-refractivity contribution < 1.29 is 22.7 Å². The van der Waals surface area contributed by atoms with E-state index in [1.165, 1.54) is 19.2 Å². The third kappa shape index (κ3) is 7.78. The molecule has 0 aromatic heterocycles. The molecule has 0 aliphatic carbocycles. The summed E-state index contributed by atoms with van der Waals surface area (Å²) >= 11 is 0. The SMILES string of the molecule is CCOc1ccc(/C=C(/C(=O)NCc2ccc(S(=O)(=O)NCCOC)cc2)c2ccccc2)cc1. The Kier molecular flexibility index (Phi) is 9.60. The van der Waals surface area contributed by atoms with Gasteiger partial charge in [-0.3, -0.25) is 4.79 Å². The average Bonchev–Trinajstić information content (AvgIpc) is 2.88. The molecule has 8 heteroatoms. The Bertz CT molecular complexity index is 1220. The Morgan fingerprint density at radius 1 is 0.943 bits per heavy atom. The molecule has 0 radical (unpaired) electrons. The fraction of sp³-hybridized carbons (Fsp3) is 0.222. The monoisotopic (exact) mass is 494 g/mol. The molecule has 0 fully saturated rings. The van der Waals surface area contributed by atoms with Crippen molar-refractivity contribution in [3.63, 3.8) is 0 Å². The van der Waals surface area contributed by atoms with Crippen LogP contribution in [-0.2, 0) is 26.1 Å². The van der Waals surface area contributed by atoms with Gasteiger partial charge < -0.3 is 14.8 Å². The first-order chi connectivity index (χ1) is 16.9. The number of sulfonamides is 1. The minimum atomic E-state index is -3.61. The zero-order chi connectivity index (χ0) is 25.1. The molecule has 35 heavy (non-hydrogen) atoms. The number of hydrogen-bond acceptors (Lipinski definition) is 5. The Balaban J connectivity index is 1.72. The van der Waals surface area contributed by atoms with Gasteiger partial charge in [-0.25, -0.2) is 13.1 Å². The number of ether oxygens (including phenoxy) is 2. The maximum absolute atomic E-state index is 13.1. The van der Waals surface area contributed by atoms with Gasteiger partial charge in [0.25, 0.3) is 5.91 Å². The van der Waals surface area contributed by atoms with Crippen molar-refractivity contribution in [2.75, 3.05) is 26.9 Å². The average molecular weight is 495 g/mol. The summed E-state index contributed by atoms with van der Waals surface area (Å²) in [6, 6.07) is 23.4. The van der Waals surface area contributed by atoms with Crippen LogP contribution < -0.4 is 14.8 Å². The summed E-state index contributed by atoms with van der Waals surface area (Å²) in [5.74, 6) is 0.540. The summed E-state index contributed by atoms with van der Waals surface area (Å²) in [4.78, 5) is 13.3. The number of hydrogen-bond donors (Lipinski definition) is 2. The van der Waals surface area contributed by atoms with Crippen molar-refractivity contribution in [2.24, 2.45) is 0 Å². The molecular weight excluding hydrogens is 464 g/mol. The van der Waals surface area contributed by atoms with Gasteiger partial charge in [-0.2, -0.15) is 0 Å². The topological polar surface area (TPSA) is 93.7 Å². The molecule has 2 N–H and O–H groups in total. The van der Waals surface area contributed by atoms with E-state index in [0.29, 0.717) is 12.2 Å². The molecule has 3 aromatic rings. The molecule has 0 heterocycles. The van der Waals surface area contributed by atoms with Crippen molar-refractivity contribution in [1.82, 2.24) is 10.0 Å². The molecule has 184 valence electrons. The van der Waals surface area contributed by atoms with E-state index in [9.17, 15) is 13.2 Å². The van der Waals surface area contributed by atoms with Crippen LogP contribution in [0.15, 0.2) is 83.8 Å². The molecule has 0 unspecified atom stereocenters. The molecule has 3 aromatic carbocycles. The van der Waals surface area contributed by atoms with Crippen molar-refractivity contribution in [3.8, 4) is 5.75 Å². The lowest BCUT2D eigenvalue weighted by Crippen LogP contribution is -2.27. The summed E-state index contributed by atoms with van der Waals surface area (Å²) < 4.78 is 37.5. The second kappa shape index (κ2) is 12.9. The summed E-state index contributed by atoms with van der Waals surface area (Å²) in [7, 11) is -2.10. The smallest absolute Gasteiger partial charge is 0.252 e. The van der Waals surface area contributed by atoms with Gasteiger partial charge >= 0.3 is 0 Å². The van der Waals surface area contributed by atoms with Gasteiger partial charge in [-0.05, 0) is 54.0 Å². The van der Waals surface area contributed by atoms with Crippen LogP contribution in [0, 0.1) is 0 Å². The van der Waals surface area contributed by atoms with E-state index < -0.39 is 10.0 Å². The molecule has 0 saturated heterocycles. The van der Waals surface area contributed by atoms with Crippen LogP contribution in [0.3, 0.4) is 0 Å². The highest BCUT2D eigenvalue weighted by atomic mass is 32.2. The van der Waals surface area contributed by atoms with E-state index in [1.54, 1.807) is 12.1 Å². The summed E-state index contributed by atoms with van der Waals surface area (Å²) in [5.41, 5.74) is 2.97. The fourth-order valence-electron chi connectivity index (χ4n) is 3.32. The summed E-state index contributed by atoms with van der Waals surface area (Å²) in [5, 5.41) is 2.94. The Morgan fingerprint density at radius 2 is 1.63 bits per heavy atom. The fourth-order valence-corrected chi connectivity index (χ4v) is 4.33. The van der Waals surface area contributed by atoms with Crippen LogP contribution in [0.2, 0.25) is 0 Å². The second-order valence-corrected chi connectivity index (χ2v) is 9.41. The van der Waals surface area contributed by atoms with Gasteiger partial charge in [0.1, 0.15) is 5.75 Å². The predicted molar refractivity (Wildman–Crippen MR) is 137 cm³/mol. The van der Waals surface area contributed by atoms with E-state index in [1.807, 2.05) is 67.6 Å². The molecule has 3 rings (SSSR count). The quantitative estimate of drug-likeness (QED) is 0.227. The normalized spacial score (nSPS) is 11.8. The number of benzene rings is 3. The Hall–Kier alpha value is -3.46. The van der Waals surface area contributed by atoms with Crippen molar-refractivity contribution in [1.29, 1.82) is 0 Å². The minimum absolute atomic E-state index is 0.157. The highest BCUT2D eigenvalue weighted by Gasteiger charge is 2.14. The van der Waals surface area contributed by atoms with Crippen LogP contribution in [0.4, 0.5) is 0 Å². The Morgan fingerprint density at radius 3 is 2.26 bits per heavy atom. The largest absolute Gasteiger partial charge is 0.494 e. The number of carbonyl (C=O) groups is 1. The zero-order valence-electron chi connectivity index (χ0n) is 19.9.